The van der Waals surface area contributed by atoms with E-state index in [9.17, 15) is 10.1 Å². The number of hydrogen-bond donors (Lipinski definition) is 0. The van der Waals surface area contributed by atoms with Crippen LogP contribution in [0.2, 0.25) is 5.02 Å². The van der Waals surface area contributed by atoms with E-state index in [4.69, 9.17) is 16.3 Å². The van der Waals surface area contributed by atoms with Gasteiger partial charge in [-0.25, -0.2) is 0 Å². The molecule has 0 amide bonds. The van der Waals surface area contributed by atoms with Crippen molar-refractivity contribution in [3.63, 3.8) is 0 Å². The predicted octanol–water partition coefficient (Wildman–Crippen LogP) is 5.24. The van der Waals surface area contributed by atoms with Gasteiger partial charge in [0.05, 0.1) is 9.95 Å². The molecule has 2 aromatic rings. The zero-order valence-corrected chi connectivity index (χ0v) is 12.9. The third-order valence-corrected chi connectivity index (χ3v) is 3.61. The van der Waals surface area contributed by atoms with Crippen LogP contribution in [0.1, 0.15) is 11.1 Å². The number of benzene rings is 2. The summed E-state index contributed by atoms with van der Waals surface area (Å²) < 4.78 is 5.74. The van der Waals surface area contributed by atoms with Crippen LogP contribution >= 0.6 is 27.5 Å². The largest absolute Gasteiger partial charge is 0.455 e. The number of nitrogens with zero attached hydrogens (tertiary/aromatic N) is 1. The lowest BCUT2D eigenvalue weighted by molar-refractivity contribution is -0.384. The van der Waals surface area contributed by atoms with Crippen molar-refractivity contribution in [1.29, 1.82) is 0 Å². The molecule has 104 valence electrons. The number of rotatable bonds is 4. The Kier molecular flexibility index (Phi) is 4.62. The van der Waals surface area contributed by atoms with Gasteiger partial charge in [0.1, 0.15) is 11.5 Å². The molecular weight excluding hydrogens is 346 g/mol. The molecule has 6 heteroatoms. The molecule has 0 heterocycles. The van der Waals surface area contributed by atoms with E-state index in [1.165, 1.54) is 12.1 Å². The highest BCUT2D eigenvalue weighted by molar-refractivity contribution is 9.08. The van der Waals surface area contributed by atoms with Crippen molar-refractivity contribution >= 4 is 33.2 Å². The Hall–Kier alpha value is -1.59. The van der Waals surface area contributed by atoms with E-state index in [1.807, 2.05) is 13.0 Å². The molecule has 20 heavy (non-hydrogen) atoms. The summed E-state index contributed by atoms with van der Waals surface area (Å²) in [5.74, 6) is 1.06. The Morgan fingerprint density at radius 2 is 1.95 bits per heavy atom. The van der Waals surface area contributed by atoms with E-state index in [2.05, 4.69) is 15.9 Å². The van der Waals surface area contributed by atoms with Gasteiger partial charge in [-0.3, -0.25) is 10.1 Å². The fraction of sp³-hybridized carbons (Fsp3) is 0.143. The molecule has 0 N–H and O–H groups in total. The molecule has 0 radical (unpaired) electrons. The van der Waals surface area contributed by atoms with Crippen molar-refractivity contribution in [2.75, 3.05) is 0 Å². The fourth-order valence-electron chi connectivity index (χ4n) is 1.69. The highest BCUT2D eigenvalue weighted by atomic mass is 79.9. The maximum absolute atomic E-state index is 10.8. The molecule has 2 aromatic carbocycles. The third kappa shape index (κ3) is 3.29. The van der Waals surface area contributed by atoms with Crippen LogP contribution in [0.3, 0.4) is 0 Å². The van der Waals surface area contributed by atoms with E-state index in [-0.39, 0.29) is 5.69 Å². The normalized spacial score (nSPS) is 10.3. The molecule has 0 atom stereocenters. The van der Waals surface area contributed by atoms with Crippen LogP contribution in [-0.2, 0) is 5.33 Å². The summed E-state index contributed by atoms with van der Waals surface area (Å²) in [5.41, 5.74) is 1.75. The van der Waals surface area contributed by atoms with Gasteiger partial charge in [-0.15, -0.1) is 0 Å². The summed E-state index contributed by atoms with van der Waals surface area (Å²) in [6.07, 6.45) is 0. The topological polar surface area (TPSA) is 52.4 Å². The van der Waals surface area contributed by atoms with Crippen molar-refractivity contribution in [2.45, 2.75) is 12.3 Å². The first-order valence-electron chi connectivity index (χ1n) is 5.78. The van der Waals surface area contributed by atoms with Crippen LogP contribution in [0, 0.1) is 17.0 Å². The minimum absolute atomic E-state index is 0.0294. The molecule has 0 saturated heterocycles. The molecule has 0 fully saturated rings. The van der Waals surface area contributed by atoms with Gasteiger partial charge in [0.2, 0.25) is 0 Å². The molecule has 4 nitrogen and oxygen atoms in total. The smallest absolute Gasteiger partial charge is 0.270 e. The van der Waals surface area contributed by atoms with E-state index in [0.29, 0.717) is 27.4 Å². The fourth-order valence-corrected chi connectivity index (χ4v) is 2.40. The van der Waals surface area contributed by atoms with Gasteiger partial charge in [0, 0.05) is 23.0 Å². The van der Waals surface area contributed by atoms with Crippen molar-refractivity contribution in [1.82, 2.24) is 0 Å². The maximum atomic E-state index is 10.8. The summed E-state index contributed by atoms with van der Waals surface area (Å²) >= 11 is 9.41. The average molecular weight is 357 g/mol. The van der Waals surface area contributed by atoms with Crippen LogP contribution in [0.15, 0.2) is 36.4 Å². The van der Waals surface area contributed by atoms with Crippen molar-refractivity contribution in [3.8, 4) is 11.5 Å². The van der Waals surface area contributed by atoms with Crippen molar-refractivity contribution < 1.29 is 9.66 Å². The Bertz CT molecular complexity index is 661. The van der Waals surface area contributed by atoms with Crippen LogP contribution in [-0.4, -0.2) is 4.92 Å². The summed E-state index contributed by atoms with van der Waals surface area (Å²) in [4.78, 5) is 10.3. The first-order valence-corrected chi connectivity index (χ1v) is 7.28. The Morgan fingerprint density at radius 1 is 1.25 bits per heavy atom. The van der Waals surface area contributed by atoms with Crippen LogP contribution in [0.25, 0.3) is 0 Å². The van der Waals surface area contributed by atoms with Gasteiger partial charge in [-0.1, -0.05) is 33.6 Å². The Balaban J connectivity index is 2.35. The second-order valence-electron chi connectivity index (χ2n) is 4.22. The molecule has 2 rings (SSSR count). The molecule has 0 spiro atoms. The predicted molar refractivity (Wildman–Crippen MR) is 82.0 cm³/mol. The molecule has 0 bridgehead atoms. The molecule has 0 aromatic heterocycles. The summed E-state index contributed by atoms with van der Waals surface area (Å²) in [7, 11) is 0. The first-order chi connectivity index (χ1) is 9.51. The lowest BCUT2D eigenvalue weighted by Gasteiger charge is -2.11. The quantitative estimate of drug-likeness (QED) is 0.427. The monoisotopic (exact) mass is 355 g/mol. The van der Waals surface area contributed by atoms with E-state index in [1.54, 1.807) is 18.2 Å². The van der Waals surface area contributed by atoms with Crippen LogP contribution in [0.5, 0.6) is 11.5 Å². The molecule has 0 aliphatic rings. The zero-order valence-electron chi connectivity index (χ0n) is 10.6. The minimum Gasteiger partial charge on any atom is -0.455 e. The molecule has 0 aliphatic heterocycles. The number of alkyl halides is 1. The first kappa shape index (κ1) is 14.8. The second-order valence-corrected chi connectivity index (χ2v) is 5.19. The van der Waals surface area contributed by atoms with Crippen LogP contribution in [0.4, 0.5) is 5.69 Å². The lowest BCUT2D eigenvalue weighted by atomic mass is 10.2. The Labute approximate surface area is 129 Å². The summed E-state index contributed by atoms with van der Waals surface area (Å²) in [6, 6.07) is 9.92. The number of nitro benzene ring substituents is 1. The molecule has 0 aliphatic carbocycles. The number of non-ortho nitro benzene ring substituents is 1. The van der Waals surface area contributed by atoms with Gasteiger partial charge in [-0.05, 0) is 30.7 Å². The van der Waals surface area contributed by atoms with Crippen molar-refractivity contribution in [3.05, 3.63) is 62.7 Å². The molecule has 0 saturated carbocycles. The van der Waals surface area contributed by atoms with Crippen LogP contribution < -0.4 is 4.74 Å². The van der Waals surface area contributed by atoms with Gasteiger partial charge in [0.15, 0.2) is 0 Å². The van der Waals surface area contributed by atoms with Crippen molar-refractivity contribution in [2.24, 2.45) is 0 Å². The van der Waals surface area contributed by atoms with E-state index >= 15 is 0 Å². The number of ether oxygens (including phenoxy) is 1. The van der Waals surface area contributed by atoms with Gasteiger partial charge < -0.3 is 4.74 Å². The summed E-state index contributed by atoms with van der Waals surface area (Å²) in [5, 5.41) is 11.7. The molecular formula is C14H11BrClNO3. The highest BCUT2D eigenvalue weighted by Crippen LogP contribution is 2.34. The maximum Gasteiger partial charge on any atom is 0.270 e. The number of hydrogen-bond acceptors (Lipinski definition) is 3. The number of nitro groups is 1. The molecule has 0 unspecified atom stereocenters. The average Bonchev–Trinajstić information content (AvgIpc) is 2.42. The number of aryl methyl sites for hydroxylation is 1. The lowest BCUT2D eigenvalue weighted by Crippen LogP contribution is -1.94. The van der Waals surface area contributed by atoms with Gasteiger partial charge in [0.25, 0.3) is 5.69 Å². The highest BCUT2D eigenvalue weighted by Gasteiger charge is 2.12. The minimum atomic E-state index is -0.436. The van der Waals surface area contributed by atoms with E-state index in [0.717, 1.165) is 5.56 Å². The third-order valence-electron chi connectivity index (χ3n) is 2.71. The second kappa shape index (κ2) is 6.24. The Morgan fingerprint density at radius 3 is 2.55 bits per heavy atom. The standard InChI is InChI=1S/C14H11BrClNO3/c1-9-2-4-14(12(16)6-9)20-13-5-3-11(17(18)19)7-10(13)8-15/h2-7H,8H2,1H3. The number of halogens is 2. The van der Waals surface area contributed by atoms with Gasteiger partial charge in [-0.2, -0.15) is 0 Å². The van der Waals surface area contributed by atoms with E-state index < -0.39 is 4.92 Å². The zero-order chi connectivity index (χ0) is 14.7. The SMILES string of the molecule is Cc1ccc(Oc2ccc([N+](=O)[O-])cc2CBr)c(Cl)c1. The summed E-state index contributed by atoms with van der Waals surface area (Å²) in [6.45, 7) is 1.94. The van der Waals surface area contributed by atoms with Gasteiger partial charge >= 0.3 is 0 Å².